The molecule has 0 unspecified atom stereocenters. The summed E-state index contributed by atoms with van der Waals surface area (Å²) in [7, 11) is 1.56. The van der Waals surface area contributed by atoms with E-state index in [2.05, 4.69) is 12.2 Å². The van der Waals surface area contributed by atoms with Crippen LogP contribution in [0.1, 0.15) is 43.7 Å². The van der Waals surface area contributed by atoms with Crippen LogP contribution in [0.25, 0.3) is 6.08 Å². The summed E-state index contributed by atoms with van der Waals surface area (Å²) in [5.41, 5.74) is 1.75. The molecule has 162 valence electrons. The molecule has 0 spiro atoms. The van der Waals surface area contributed by atoms with Crippen molar-refractivity contribution in [1.29, 1.82) is 5.26 Å². The molecule has 2 aromatic carbocycles. The number of amides is 1. The number of benzene rings is 2. The van der Waals surface area contributed by atoms with Crippen LogP contribution in [0.15, 0.2) is 48.0 Å². The SMILES string of the molecule is COc1cc(/C=C(\C#N)C(=O)N[C@@H]2CCCC[C@@H]2C)ccc1OCc1ccc(Cl)cc1. The summed E-state index contributed by atoms with van der Waals surface area (Å²) in [6.45, 7) is 2.52. The smallest absolute Gasteiger partial charge is 0.262 e. The van der Waals surface area contributed by atoms with E-state index in [-0.39, 0.29) is 17.5 Å². The van der Waals surface area contributed by atoms with Crippen molar-refractivity contribution in [2.24, 2.45) is 5.92 Å². The Morgan fingerprint density at radius 3 is 2.61 bits per heavy atom. The number of methoxy groups -OCH3 is 1. The second-order valence-electron chi connectivity index (χ2n) is 7.84. The maximum absolute atomic E-state index is 12.6. The lowest BCUT2D eigenvalue weighted by Gasteiger charge is -2.29. The van der Waals surface area contributed by atoms with Gasteiger partial charge >= 0.3 is 0 Å². The lowest BCUT2D eigenvalue weighted by Crippen LogP contribution is -2.41. The van der Waals surface area contributed by atoms with E-state index in [0.717, 1.165) is 24.8 Å². The Hall–Kier alpha value is -2.97. The largest absolute Gasteiger partial charge is 0.493 e. The van der Waals surface area contributed by atoms with Crippen molar-refractivity contribution in [3.05, 3.63) is 64.2 Å². The first-order valence-corrected chi connectivity index (χ1v) is 10.9. The molecular formula is C25H27ClN2O3. The Morgan fingerprint density at radius 2 is 1.94 bits per heavy atom. The Kier molecular flexibility index (Phi) is 7.97. The molecule has 2 aromatic rings. The number of nitriles is 1. The van der Waals surface area contributed by atoms with Gasteiger partial charge in [0.15, 0.2) is 11.5 Å². The van der Waals surface area contributed by atoms with Gasteiger partial charge in [-0.15, -0.1) is 0 Å². The third-order valence-corrected chi connectivity index (χ3v) is 5.85. The Labute approximate surface area is 188 Å². The second kappa shape index (κ2) is 10.9. The van der Waals surface area contributed by atoms with Gasteiger partial charge in [0.2, 0.25) is 0 Å². The van der Waals surface area contributed by atoms with Crippen LogP contribution in [0, 0.1) is 17.2 Å². The average molecular weight is 439 g/mol. The first kappa shape index (κ1) is 22.7. The highest BCUT2D eigenvalue weighted by Gasteiger charge is 2.24. The van der Waals surface area contributed by atoms with E-state index in [0.29, 0.717) is 34.6 Å². The molecule has 1 aliphatic rings. The molecule has 6 heteroatoms. The molecular weight excluding hydrogens is 412 g/mol. The van der Waals surface area contributed by atoms with Gasteiger partial charge in [0.1, 0.15) is 18.2 Å². The average Bonchev–Trinajstić information content (AvgIpc) is 2.78. The van der Waals surface area contributed by atoms with E-state index < -0.39 is 0 Å². The van der Waals surface area contributed by atoms with Gasteiger partial charge in [0.25, 0.3) is 5.91 Å². The molecule has 0 bridgehead atoms. The molecule has 1 amide bonds. The standard InChI is InChI=1S/C25H27ClN2O3/c1-17-5-3-4-6-22(17)28-25(29)20(15-27)13-19-9-12-23(24(14-19)30-2)31-16-18-7-10-21(26)11-8-18/h7-14,17,22H,3-6,16H2,1-2H3,(H,28,29)/b20-13+/t17-,22+/m0/s1. The van der Waals surface area contributed by atoms with Crippen LogP contribution in [0.4, 0.5) is 0 Å². The van der Waals surface area contributed by atoms with Crippen LogP contribution in [-0.2, 0) is 11.4 Å². The molecule has 5 nitrogen and oxygen atoms in total. The number of carbonyl (C=O) groups is 1. The van der Waals surface area contributed by atoms with Gasteiger partial charge in [-0.3, -0.25) is 4.79 Å². The van der Waals surface area contributed by atoms with Crippen molar-refractivity contribution in [3.63, 3.8) is 0 Å². The zero-order valence-electron chi connectivity index (χ0n) is 17.9. The first-order chi connectivity index (χ1) is 15.0. The molecule has 2 atom stereocenters. The summed E-state index contributed by atoms with van der Waals surface area (Å²) in [6.07, 6.45) is 5.94. The normalized spacial score (nSPS) is 18.7. The maximum Gasteiger partial charge on any atom is 0.262 e. The lowest BCUT2D eigenvalue weighted by molar-refractivity contribution is -0.118. The minimum absolute atomic E-state index is 0.0784. The molecule has 1 N–H and O–H groups in total. The third kappa shape index (κ3) is 6.26. The summed E-state index contributed by atoms with van der Waals surface area (Å²) in [6, 6.07) is 14.9. The van der Waals surface area contributed by atoms with Crippen molar-refractivity contribution in [2.45, 2.75) is 45.3 Å². The number of hydrogen-bond donors (Lipinski definition) is 1. The van der Waals surface area contributed by atoms with Crippen LogP contribution < -0.4 is 14.8 Å². The van der Waals surface area contributed by atoms with Crippen molar-refractivity contribution in [2.75, 3.05) is 7.11 Å². The maximum atomic E-state index is 12.6. The van der Waals surface area contributed by atoms with Crippen LogP contribution in [0.2, 0.25) is 5.02 Å². The predicted octanol–water partition coefficient (Wildman–Crippen LogP) is 5.53. The molecule has 0 radical (unpaired) electrons. The van der Waals surface area contributed by atoms with Crippen LogP contribution in [-0.4, -0.2) is 19.1 Å². The Morgan fingerprint density at radius 1 is 1.19 bits per heavy atom. The number of halogens is 1. The fraction of sp³-hybridized carbons (Fsp3) is 0.360. The number of ether oxygens (including phenoxy) is 2. The van der Waals surface area contributed by atoms with E-state index in [9.17, 15) is 10.1 Å². The molecule has 1 saturated carbocycles. The van der Waals surface area contributed by atoms with Gasteiger partial charge in [-0.05, 0) is 60.2 Å². The van der Waals surface area contributed by atoms with Crippen LogP contribution in [0.5, 0.6) is 11.5 Å². The Bertz CT molecular complexity index is 979. The molecule has 0 saturated heterocycles. The van der Waals surface area contributed by atoms with E-state index in [1.165, 1.54) is 6.42 Å². The molecule has 1 fully saturated rings. The molecule has 0 aromatic heterocycles. The van der Waals surface area contributed by atoms with E-state index in [1.54, 1.807) is 31.4 Å². The minimum Gasteiger partial charge on any atom is -0.493 e. The predicted molar refractivity (Wildman–Crippen MR) is 122 cm³/mol. The number of hydrogen-bond acceptors (Lipinski definition) is 4. The summed E-state index contributed by atoms with van der Waals surface area (Å²) >= 11 is 5.91. The third-order valence-electron chi connectivity index (χ3n) is 5.60. The van der Waals surface area contributed by atoms with Gasteiger partial charge in [-0.2, -0.15) is 5.26 Å². The lowest BCUT2D eigenvalue weighted by atomic mass is 9.86. The molecule has 31 heavy (non-hydrogen) atoms. The fourth-order valence-corrected chi connectivity index (χ4v) is 3.85. The van der Waals surface area contributed by atoms with Gasteiger partial charge in [-0.1, -0.05) is 49.6 Å². The fourth-order valence-electron chi connectivity index (χ4n) is 3.73. The summed E-state index contributed by atoms with van der Waals surface area (Å²) in [5.74, 6) is 1.20. The molecule has 3 rings (SSSR count). The number of nitrogens with zero attached hydrogens (tertiary/aromatic N) is 1. The van der Waals surface area contributed by atoms with Crippen LogP contribution in [0.3, 0.4) is 0 Å². The number of rotatable bonds is 7. The first-order valence-electron chi connectivity index (χ1n) is 10.5. The van der Waals surface area contributed by atoms with Gasteiger partial charge in [0.05, 0.1) is 7.11 Å². The molecule has 1 aliphatic carbocycles. The molecule has 0 aliphatic heterocycles. The molecule has 0 heterocycles. The van der Waals surface area contributed by atoms with Crippen molar-refractivity contribution in [1.82, 2.24) is 5.32 Å². The topological polar surface area (TPSA) is 71.3 Å². The van der Waals surface area contributed by atoms with Crippen molar-refractivity contribution >= 4 is 23.6 Å². The summed E-state index contributed by atoms with van der Waals surface area (Å²) in [4.78, 5) is 12.6. The zero-order chi connectivity index (χ0) is 22.2. The quantitative estimate of drug-likeness (QED) is 0.455. The van der Waals surface area contributed by atoms with E-state index in [1.807, 2.05) is 30.3 Å². The van der Waals surface area contributed by atoms with E-state index in [4.69, 9.17) is 21.1 Å². The van der Waals surface area contributed by atoms with Crippen molar-refractivity contribution in [3.8, 4) is 17.6 Å². The van der Waals surface area contributed by atoms with E-state index >= 15 is 0 Å². The van der Waals surface area contributed by atoms with Gasteiger partial charge in [-0.25, -0.2) is 0 Å². The highest BCUT2D eigenvalue weighted by atomic mass is 35.5. The minimum atomic E-state index is -0.330. The van der Waals surface area contributed by atoms with Crippen LogP contribution >= 0.6 is 11.6 Å². The highest BCUT2D eigenvalue weighted by Crippen LogP contribution is 2.30. The summed E-state index contributed by atoms with van der Waals surface area (Å²) in [5, 5.41) is 13.2. The summed E-state index contributed by atoms with van der Waals surface area (Å²) < 4.78 is 11.3. The zero-order valence-corrected chi connectivity index (χ0v) is 18.6. The monoisotopic (exact) mass is 438 g/mol. The number of nitrogens with one attached hydrogen (secondary N) is 1. The van der Waals surface area contributed by atoms with Crippen molar-refractivity contribution < 1.29 is 14.3 Å². The van der Waals surface area contributed by atoms with Gasteiger partial charge in [0, 0.05) is 11.1 Å². The van der Waals surface area contributed by atoms with Gasteiger partial charge < -0.3 is 14.8 Å². The Balaban J connectivity index is 1.70. The number of carbonyl (C=O) groups excluding carboxylic acids is 1. The second-order valence-corrected chi connectivity index (χ2v) is 8.27. The highest BCUT2D eigenvalue weighted by molar-refractivity contribution is 6.30.